The van der Waals surface area contributed by atoms with Gasteiger partial charge in [-0.1, -0.05) is 30.3 Å². The van der Waals surface area contributed by atoms with Crippen LogP contribution >= 0.6 is 11.3 Å². The normalized spacial score (nSPS) is 10.2. The fourth-order valence-electron chi connectivity index (χ4n) is 2.28. The van der Waals surface area contributed by atoms with Crippen molar-refractivity contribution in [2.45, 2.75) is 0 Å². The molecule has 3 rings (SSSR count). The largest absolute Gasteiger partial charge is 0.397 e. The van der Waals surface area contributed by atoms with E-state index in [2.05, 4.69) is 21.0 Å². The monoisotopic (exact) mass is 359 g/mol. The summed E-state index contributed by atoms with van der Waals surface area (Å²) in [6.07, 6.45) is 0.758. The number of carbonyl (C=O) groups excluding carboxylic acids is 1. The molecule has 8 heteroatoms. The number of anilines is 2. The van der Waals surface area contributed by atoms with E-state index >= 15 is 0 Å². The second-order valence-corrected chi connectivity index (χ2v) is 5.89. The van der Waals surface area contributed by atoms with Gasteiger partial charge in [0.15, 0.2) is 6.29 Å². The average Bonchev–Trinajstić information content (AvgIpc) is 2.99. The molecule has 2 aromatic heterocycles. The Morgan fingerprint density at radius 1 is 1.24 bits per heavy atom. The third-order valence-electron chi connectivity index (χ3n) is 3.36. The van der Waals surface area contributed by atoms with Gasteiger partial charge in [-0.3, -0.25) is 4.79 Å². The fourth-order valence-corrected chi connectivity index (χ4v) is 3.18. The van der Waals surface area contributed by atoms with Gasteiger partial charge in [-0.2, -0.15) is 0 Å². The molecule has 7 nitrogen and oxygen atoms in total. The number of aromatic nitrogens is 2. The zero-order chi connectivity index (χ0) is 18.2. The van der Waals surface area contributed by atoms with Crippen LogP contribution < -0.4 is 16.8 Å². The maximum atomic E-state index is 11.2. The van der Waals surface area contributed by atoms with E-state index in [0.717, 1.165) is 22.9 Å². The summed E-state index contributed by atoms with van der Waals surface area (Å²) in [5.41, 5.74) is 12.7. The lowest BCUT2D eigenvalue weighted by atomic mass is 10.1. The molecule has 0 bridgehead atoms. The minimum atomic E-state index is 0.433. The molecule has 0 saturated carbocycles. The summed E-state index contributed by atoms with van der Waals surface area (Å²) in [4.78, 5) is 21.4. The van der Waals surface area contributed by atoms with Crippen molar-refractivity contribution in [3.8, 4) is 11.3 Å². The van der Waals surface area contributed by atoms with Crippen LogP contribution in [0.25, 0.3) is 21.5 Å². The van der Waals surface area contributed by atoms with Gasteiger partial charge >= 0.3 is 0 Å². The number of benzene rings is 1. The first-order valence-corrected chi connectivity index (χ1v) is 8.47. The third-order valence-corrected chi connectivity index (χ3v) is 4.39. The van der Waals surface area contributed by atoms with E-state index in [9.17, 15) is 4.79 Å². The number of carbonyl (C=O) groups is 1. The highest BCUT2D eigenvalue weighted by Gasteiger charge is 2.17. The van der Waals surface area contributed by atoms with Gasteiger partial charge in [0.2, 0.25) is 5.95 Å². The molecule has 0 radical (unpaired) electrons. The Morgan fingerprint density at radius 2 is 1.96 bits per heavy atom. The van der Waals surface area contributed by atoms with Gasteiger partial charge in [-0.05, 0) is 7.05 Å². The highest BCUT2D eigenvalue weighted by atomic mass is 32.1. The van der Waals surface area contributed by atoms with Crippen LogP contribution in [-0.4, -0.2) is 43.6 Å². The number of rotatable bonds is 6. The Kier molecular flexibility index (Phi) is 6.81. The lowest BCUT2D eigenvalue weighted by molar-refractivity contribution is 0.112. The highest BCUT2D eigenvalue weighted by Crippen LogP contribution is 2.38. The molecule has 1 aromatic carbocycles. The summed E-state index contributed by atoms with van der Waals surface area (Å²) in [5.74, 6) is 0.493. The van der Waals surface area contributed by atoms with Gasteiger partial charge in [0.05, 0.1) is 28.3 Å². The molecule has 0 saturated heterocycles. The van der Waals surface area contributed by atoms with Crippen molar-refractivity contribution in [1.82, 2.24) is 9.97 Å². The summed E-state index contributed by atoms with van der Waals surface area (Å²) in [6.45, 7) is 1.14. The molecule has 0 atom stereocenters. The van der Waals surface area contributed by atoms with Crippen molar-refractivity contribution in [2.75, 3.05) is 38.4 Å². The molecular formula is C17H21N5O2S. The molecule has 0 fully saturated rings. The number of ether oxygens (including phenoxy) is 1. The number of fused-ring (bicyclic) bond motifs is 1. The van der Waals surface area contributed by atoms with E-state index in [-0.39, 0.29) is 0 Å². The second-order valence-electron chi connectivity index (χ2n) is 4.86. The SMILES string of the molecule is CN.COCCNc1nc(-c2ccccc2)c2c(N)c(C=O)sc2n1. The van der Waals surface area contributed by atoms with E-state index in [1.54, 1.807) is 7.11 Å². The molecule has 0 spiro atoms. The first-order valence-electron chi connectivity index (χ1n) is 7.65. The van der Waals surface area contributed by atoms with Crippen molar-refractivity contribution >= 4 is 39.5 Å². The Labute approximate surface area is 150 Å². The molecule has 0 amide bonds. The van der Waals surface area contributed by atoms with Gasteiger partial charge in [0, 0.05) is 19.2 Å². The Morgan fingerprint density at radius 3 is 2.60 bits per heavy atom. The topological polar surface area (TPSA) is 116 Å². The van der Waals surface area contributed by atoms with E-state index in [1.807, 2.05) is 30.3 Å². The minimum Gasteiger partial charge on any atom is -0.397 e. The van der Waals surface area contributed by atoms with Crippen LogP contribution in [-0.2, 0) is 4.74 Å². The predicted molar refractivity (Wildman–Crippen MR) is 103 cm³/mol. The second kappa shape index (κ2) is 9.07. The minimum absolute atomic E-state index is 0.433. The first kappa shape index (κ1) is 18.8. The number of nitrogen functional groups attached to an aromatic ring is 1. The van der Waals surface area contributed by atoms with Crippen LogP contribution in [0.3, 0.4) is 0 Å². The summed E-state index contributed by atoms with van der Waals surface area (Å²) in [6, 6.07) is 9.72. The van der Waals surface area contributed by atoms with Crippen molar-refractivity contribution < 1.29 is 9.53 Å². The number of nitrogens with one attached hydrogen (secondary N) is 1. The van der Waals surface area contributed by atoms with Crippen molar-refractivity contribution in [2.24, 2.45) is 5.73 Å². The molecule has 0 aliphatic heterocycles. The van der Waals surface area contributed by atoms with E-state index in [0.29, 0.717) is 34.5 Å². The van der Waals surface area contributed by atoms with Gasteiger partial charge in [-0.25, -0.2) is 9.97 Å². The number of thiophene rings is 1. The molecule has 2 heterocycles. The number of nitrogens with two attached hydrogens (primary N) is 2. The molecule has 132 valence electrons. The van der Waals surface area contributed by atoms with E-state index in [4.69, 9.17) is 10.5 Å². The Balaban J connectivity index is 0.00000109. The number of methoxy groups -OCH3 is 1. The maximum Gasteiger partial charge on any atom is 0.224 e. The smallest absolute Gasteiger partial charge is 0.224 e. The quantitative estimate of drug-likeness (QED) is 0.457. The lowest BCUT2D eigenvalue weighted by Gasteiger charge is -2.08. The van der Waals surface area contributed by atoms with Crippen LogP contribution in [0.2, 0.25) is 0 Å². The zero-order valence-electron chi connectivity index (χ0n) is 14.2. The van der Waals surface area contributed by atoms with Crippen molar-refractivity contribution in [3.63, 3.8) is 0 Å². The highest BCUT2D eigenvalue weighted by molar-refractivity contribution is 7.21. The molecule has 5 N–H and O–H groups in total. The average molecular weight is 359 g/mol. The number of hydrogen-bond acceptors (Lipinski definition) is 8. The van der Waals surface area contributed by atoms with Crippen LogP contribution in [0, 0.1) is 0 Å². The standard InChI is InChI=1S/C16H16N4O2S.CH5N/c1-22-8-7-18-16-19-14(10-5-3-2-4-6-10)12-13(17)11(9-21)23-15(12)20-16;1-2/h2-6,9H,7-8,17H2,1H3,(H,18,19,20);2H2,1H3. The molecule has 0 aliphatic carbocycles. The molecule has 25 heavy (non-hydrogen) atoms. The number of hydrogen-bond donors (Lipinski definition) is 3. The van der Waals surface area contributed by atoms with Crippen LogP contribution in [0.15, 0.2) is 30.3 Å². The molecular weight excluding hydrogens is 338 g/mol. The Hall–Kier alpha value is -2.55. The molecule has 3 aromatic rings. The molecule has 0 aliphatic rings. The predicted octanol–water partition coefficient (Wildman–Crippen LogP) is 2.39. The van der Waals surface area contributed by atoms with Crippen LogP contribution in [0.4, 0.5) is 11.6 Å². The van der Waals surface area contributed by atoms with Crippen molar-refractivity contribution in [1.29, 1.82) is 0 Å². The summed E-state index contributed by atoms with van der Waals surface area (Å²) in [7, 11) is 3.14. The number of aldehydes is 1. The third kappa shape index (κ3) is 4.11. The maximum absolute atomic E-state index is 11.2. The van der Waals surface area contributed by atoms with Crippen molar-refractivity contribution in [3.05, 3.63) is 35.2 Å². The van der Waals surface area contributed by atoms with E-state index < -0.39 is 0 Å². The van der Waals surface area contributed by atoms with Gasteiger partial charge in [0.25, 0.3) is 0 Å². The van der Waals surface area contributed by atoms with Crippen LogP contribution in [0.1, 0.15) is 9.67 Å². The zero-order valence-corrected chi connectivity index (χ0v) is 15.0. The van der Waals surface area contributed by atoms with Gasteiger partial charge in [0.1, 0.15) is 4.83 Å². The van der Waals surface area contributed by atoms with Gasteiger partial charge < -0.3 is 21.5 Å². The Bertz CT molecular complexity index is 836. The van der Waals surface area contributed by atoms with E-state index in [1.165, 1.54) is 18.4 Å². The molecule has 0 unspecified atom stereocenters. The number of nitrogens with zero attached hydrogens (tertiary/aromatic N) is 2. The fraction of sp³-hybridized carbons (Fsp3) is 0.235. The summed E-state index contributed by atoms with van der Waals surface area (Å²) < 4.78 is 5.02. The summed E-state index contributed by atoms with van der Waals surface area (Å²) in [5, 5.41) is 3.85. The van der Waals surface area contributed by atoms with Gasteiger partial charge in [-0.15, -0.1) is 11.3 Å². The summed E-state index contributed by atoms with van der Waals surface area (Å²) >= 11 is 1.27. The lowest BCUT2D eigenvalue weighted by Crippen LogP contribution is -2.10. The first-order chi connectivity index (χ1) is 12.2. The van der Waals surface area contributed by atoms with Crippen LogP contribution in [0.5, 0.6) is 0 Å².